The van der Waals surface area contributed by atoms with Crippen LogP contribution in [-0.2, 0) is 4.79 Å². The molecule has 1 atom stereocenters. The van der Waals surface area contributed by atoms with Gasteiger partial charge in [0, 0.05) is 24.0 Å². The van der Waals surface area contributed by atoms with Crippen molar-refractivity contribution in [3.63, 3.8) is 0 Å². The van der Waals surface area contributed by atoms with Crippen LogP contribution in [0, 0.1) is 5.92 Å². The van der Waals surface area contributed by atoms with Gasteiger partial charge in [-0.2, -0.15) is 0 Å². The quantitative estimate of drug-likeness (QED) is 0.858. The fourth-order valence-corrected chi connectivity index (χ4v) is 3.67. The molecule has 1 saturated heterocycles. The summed E-state index contributed by atoms with van der Waals surface area (Å²) < 4.78 is 5.90. The largest absolute Gasteiger partial charge is 0.488 e. The molecule has 2 fully saturated rings. The molecule has 1 unspecified atom stereocenters. The van der Waals surface area contributed by atoms with E-state index in [-0.39, 0.29) is 24.1 Å². The fraction of sp³-hybridized carbons (Fsp3) is 0.556. The maximum Gasteiger partial charge on any atom is 0.317 e. The Morgan fingerprint density at radius 3 is 2.64 bits per heavy atom. The molecule has 6 nitrogen and oxygen atoms in total. The van der Waals surface area contributed by atoms with Crippen molar-refractivity contribution < 1.29 is 19.4 Å². The highest BCUT2D eigenvalue weighted by Gasteiger charge is 2.31. The number of carbonyl (C=O) groups is 2. The van der Waals surface area contributed by atoms with Gasteiger partial charge in [0.2, 0.25) is 0 Å². The van der Waals surface area contributed by atoms with Crippen LogP contribution in [0.5, 0.6) is 5.75 Å². The van der Waals surface area contributed by atoms with Crippen molar-refractivity contribution in [2.24, 2.45) is 5.92 Å². The van der Waals surface area contributed by atoms with Gasteiger partial charge < -0.3 is 20.1 Å². The Balaban J connectivity index is 1.44. The van der Waals surface area contributed by atoms with Crippen LogP contribution in [0.25, 0.3) is 0 Å². The van der Waals surface area contributed by atoms with Gasteiger partial charge >= 0.3 is 12.0 Å². The van der Waals surface area contributed by atoms with Gasteiger partial charge in [-0.3, -0.25) is 4.79 Å². The molecule has 0 spiro atoms. The second kappa shape index (κ2) is 7.95. The van der Waals surface area contributed by atoms with Gasteiger partial charge in [0.05, 0.1) is 12.5 Å². The van der Waals surface area contributed by atoms with E-state index in [0.29, 0.717) is 36.7 Å². The number of urea groups is 1. The SMILES string of the molecule is O=C(O)C1CCC(NC(=O)N2CCC(Oc3cccc(Cl)c3)C2)CC1. The Hall–Kier alpha value is -1.95. The third-order valence-electron chi connectivity index (χ3n) is 4.94. The molecule has 25 heavy (non-hydrogen) atoms. The minimum atomic E-state index is -0.731. The summed E-state index contributed by atoms with van der Waals surface area (Å²) >= 11 is 5.96. The molecule has 136 valence electrons. The van der Waals surface area contributed by atoms with Gasteiger partial charge in [-0.1, -0.05) is 17.7 Å². The number of amides is 2. The molecule has 1 aromatic rings. The van der Waals surface area contributed by atoms with Crippen molar-refractivity contribution in [1.82, 2.24) is 10.2 Å². The molecular weight excluding hydrogens is 344 g/mol. The van der Waals surface area contributed by atoms with Crippen LogP contribution >= 0.6 is 11.6 Å². The molecule has 0 aromatic heterocycles. The van der Waals surface area contributed by atoms with Crippen molar-refractivity contribution in [3.05, 3.63) is 29.3 Å². The number of hydrogen-bond donors (Lipinski definition) is 2. The zero-order valence-corrected chi connectivity index (χ0v) is 14.7. The van der Waals surface area contributed by atoms with Crippen molar-refractivity contribution >= 4 is 23.6 Å². The van der Waals surface area contributed by atoms with Crippen molar-refractivity contribution in [1.29, 1.82) is 0 Å². The average molecular weight is 367 g/mol. The maximum atomic E-state index is 12.4. The Morgan fingerprint density at radius 1 is 1.20 bits per heavy atom. The monoisotopic (exact) mass is 366 g/mol. The van der Waals surface area contributed by atoms with Gasteiger partial charge in [0.1, 0.15) is 11.9 Å². The molecule has 0 bridgehead atoms. The Labute approximate surface area is 152 Å². The molecule has 1 aliphatic heterocycles. The number of halogens is 1. The van der Waals surface area contributed by atoms with E-state index in [2.05, 4.69) is 5.32 Å². The molecule has 7 heteroatoms. The van der Waals surface area contributed by atoms with Crippen molar-refractivity contribution in [2.75, 3.05) is 13.1 Å². The Morgan fingerprint density at radius 2 is 1.96 bits per heavy atom. The van der Waals surface area contributed by atoms with Crippen molar-refractivity contribution in [2.45, 2.75) is 44.2 Å². The summed E-state index contributed by atoms with van der Waals surface area (Å²) in [5.41, 5.74) is 0. The molecule has 0 radical (unpaired) electrons. The summed E-state index contributed by atoms with van der Waals surface area (Å²) in [5, 5.41) is 12.7. The Kier molecular flexibility index (Phi) is 5.68. The summed E-state index contributed by atoms with van der Waals surface area (Å²) in [7, 11) is 0. The topological polar surface area (TPSA) is 78.9 Å². The average Bonchev–Trinajstić information content (AvgIpc) is 3.04. The van der Waals surface area contributed by atoms with E-state index in [0.717, 1.165) is 19.3 Å². The predicted molar refractivity (Wildman–Crippen MR) is 94.0 cm³/mol. The number of carboxylic acid groups (broad SMARTS) is 1. The zero-order valence-electron chi connectivity index (χ0n) is 14.0. The van der Waals surface area contributed by atoms with Gasteiger partial charge in [0.25, 0.3) is 0 Å². The second-order valence-electron chi connectivity index (χ2n) is 6.77. The summed E-state index contributed by atoms with van der Waals surface area (Å²) in [5.74, 6) is -0.285. The number of hydrogen-bond acceptors (Lipinski definition) is 3. The van der Waals surface area contributed by atoms with E-state index in [9.17, 15) is 9.59 Å². The summed E-state index contributed by atoms with van der Waals surface area (Å²) in [4.78, 5) is 25.1. The summed E-state index contributed by atoms with van der Waals surface area (Å²) in [6.45, 7) is 1.20. The molecule has 1 heterocycles. The summed E-state index contributed by atoms with van der Waals surface area (Å²) in [6.07, 6.45) is 3.44. The lowest BCUT2D eigenvalue weighted by Gasteiger charge is -2.28. The first-order valence-corrected chi connectivity index (χ1v) is 9.09. The van der Waals surface area contributed by atoms with Crippen LogP contribution in [-0.4, -0.2) is 47.2 Å². The predicted octanol–water partition coefficient (Wildman–Crippen LogP) is 3.15. The third kappa shape index (κ3) is 4.78. The number of nitrogens with one attached hydrogen (secondary N) is 1. The molecule has 3 rings (SSSR count). The van der Waals surface area contributed by atoms with Gasteiger partial charge in [-0.05, 0) is 43.9 Å². The number of ether oxygens (including phenoxy) is 1. The third-order valence-corrected chi connectivity index (χ3v) is 5.17. The van der Waals surface area contributed by atoms with Crippen LogP contribution in [0.3, 0.4) is 0 Å². The number of carbonyl (C=O) groups excluding carboxylic acids is 1. The lowest BCUT2D eigenvalue weighted by molar-refractivity contribution is -0.142. The van der Waals surface area contributed by atoms with Crippen LogP contribution < -0.4 is 10.1 Å². The molecule has 2 N–H and O–H groups in total. The highest BCUT2D eigenvalue weighted by molar-refractivity contribution is 6.30. The van der Waals surface area contributed by atoms with E-state index >= 15 is 0 Å². The Bertz CT molecular complexity index is 631. The van der Waals surface area contributed by atoms with Gasteiger partial charge in [-0.25, -0.2) is 4.79 Å². The number of likely N-dealkylation sites (tertiary alicyclic amines) is 1. The lowest BCUT2D eigenvalue weighted by Crippen LogP contribution is -2.46. The molecule has 1 aromatic carbocycles. The summed E-state index contributed by atoms with van der Waals surface area (Å²) in [6, 6.07) is 7.24. The standard InChI is InChI=1S/C18H23ClN2O4/c19-13-2-1-3-15(10-13)25-16-8-9-21(11-16)18(24)20-14-6-4-12(5-7-14)17(22)23/h1-3,10,12,14,16H,4-9,11H2,(H,20,24)(H,22,23). The lowest BCUT2D eigenvalue weighted by atomic mass is 9.86. The van der Waals surface area contributed by atoms with Gasteiger partial charge in [-0.15, -0.1) is 0 Å². The van der Waals surface area contributed by atoms with Crippen molar-refractivity contribution in [3.8, 4) is 5.75 Å². The first-order chi connectivity index (χ1) is 12.0. The van der Waals surface area contributed by atoms with Crippen LogP contribution in [0.4, 0.5) is 4.79 Å². The minimum absolute atomic E-state index is 0.0352. The first kappa shape index (κ1) is 17.9. The highest BCUT2D eigenvalue weighted by Crippen LogP contribution is 2.25. The van der Waals surface area contributed by atoms with E-state index in [1.807, 2.05) is 12.1 Å². The van der Waals surface area contributed by atoms with E-state index in [1.165, 1.54) is 0 Å². The van der Waals surface area contributed by atoms with Crippen LogP contribution in [0.2, 0.25) is 5.02 Å². The molecular formula is C18H23ClN2O4. The van der Waals surface area contributed by atoms with E-state index in [1.54, 1.807) is 17.0 Å². The number of carboxylic acids is 1. The maximum absolute atomic E-state index is 12.4. The fourth-order valence-electron chi connectivity index (χ4n) is 3.49. The number of benzene rings is 1. The molecule has 2 aliphatic rings. The van der Waals surface area contributed by atoms with Gasteiger partial charge in [0.15, 0.2) is 0 Å². The number of rotatable bonds is 4. The minimum Gasteiger partial charge on any atom is -0.488 e. The number of aliphatic carboxylic acids is 1. The second-order valence-corrected chi connectivity index (χ2v) is 7.20. The van der Waals surface area contributed by atoms with E-state index in [4.69, 9.17) is 21.4 Å². The smallest absolute Gasteiger partial charge is 0.317 e. The highest BCUT2D eigenvalue weighted by atomic mass is 35.5. The van der Waals surface area contributed by atoms with Crippen LogP contribution in [0.1, 0.15) is 32.1 Å². The van der Waals surface area contributed by atoms with E-state index < -0.39 is 5.97 Å². The molecule has 1 aliphatic carbocycles. The zero-order chi connectivity index (χ0) is 17.8. The molecule has 1 saturated carbocycles. The number of nitrogens with zero attached hydrogens (tertiary/aromatic N) is 1. The first-order valence-electron chi connectivity index (χ1n) is 8.71. The van der Waals surface area contributed by atoms with Crippen LogP contribution in [0.15, 0.2) is 24.3 Å². The normalized spacial score (nSPS) is 26.3. The molecule has 2 amide bonds.